The fraction of sp³-hybridized carbons (Fsp3) is 0.250. The fourth-order valence-electron chi connectivity index (χ4n) is 3.07. The first-order valence-electron chi connectivity index (χ1n) is 9.05. The summed E-state index contributed by atoms with van der Waals surface area (Å²) in [5.41, 5.74) is 1.02. The first-order chi connectivity index (χ1) is 14.3. The fourth-order valence-corrected chi connectivity index (χ4v) is 3.07. The van der Waals surface area contributed by atoms with Crippen LogP contribution in [0.25, 0.3) is 0 Å². The number of anilines is 3. The van der Waals surface area contributed by atoms with Crippen molar-refractivity contribution in [1.29, 1.82) is 0 Å². The topological polar surface area (TPSA) is 91.0 Å². The Morgan fingerprint density at radius 1 is 1.07 bits per heavy atom. The van der Waals surface area contributed by atoms with Crippen molar-refractivity contribution in [2.45, 2.75) is 6.92 Å². The van der Waals surface area contributed by atoms with Gasteiger partial charge in [0.25, 0.3) is 0 Å². The Labute approximate surface area is 171 Å². The van der Waals surface area contributed by atoms with Crippen molar-refractivity contribution in [1.82, 2.24) is 4.90 Å². The van der Waals surface area contributed by atoms with Crippen LogP contribution in [0.5, 0.6) is 5.75 Å². The van der Waals surface area contributed by atoms with Crippen LogP contribution >= 0.6 is 0 Å². The molecule has 0 aromatic heterocycles. The van der Waals surface area contributed by atoms with Crippen molar-refractivity contribution in [3.05, 3.63) is 48.0 Å². The molecule has 2 aromatic carbocycles. The van der Waals surface area contributed by atoms with Gasteiger partial charge in [-0.15, -0.1) is 0 Å². The van der Waals surface area contributed by atoms with Crippen molar-refractivity contribution in [2.75, 3.05) is 42.3 Å². The molecule has 3 rings (SSSR count). The number of carbonyl (C=O) groups excluding carboxylic acids is 3. The summed E-state index contributed by atoms with van der Waals surface area (Å²) >= 11 is 0. The smallest absolute Gasteiger partial charge is 0.325 e. The molecule has 1 saturated heterocycles. The average Bonchev–Trinajstić information content (AvgIpc) is 3.04. The second-order valence-corrected chi connectivity index (χ2v) is 6.60. The predicted octanol–water partition coefficient (Wildman–Crippen LogP) is 2.81. The summed E-state index contributed by atoms with van der Waals surface area (Å²) in [4.78, 5) is 38.8. The monoisotopic (exact) mass is 418 g/mol. The number of carbonyl (C=O) groups is 3. The molecular formula is C20H20F2N4O4. The first kappa shape index (κ1) is 21.0. The number of urea groups is 1. The number of ether oxygens (including phenoxy) is 1. The molecule has 1 fully saturated rings. The lowest BCUT2D eigenvalue weighted by atomic mass is 10.2. The summed E-state index contributed by atoms with van der Waals surface area (Å²) in [6.07, 6.45) is 0. The molecule has 0 bridgehead atoms. The molecule has 10 heteroatoms. The van der Waals surface area contributed by atoms with E-state index in [4.69, 9.17) is 4.74 Å². The van der Waals surface area contributed by atoms with E-state index < -0.39 is 23.6 Å². The second kappa shape index (κ2) is 8.76. The molecule has 1 aliphatic rings. The molecule has 2 aromatic rings. The highest BCUT2D eigenvalue weighted by Crippen LogP contribution is 2.28. The van der Waals surface area contributed by atoms with Gasteiger partial charge in [-0.3, -0.25) is 14.5 Å². The Balaban J connectivity index is 1.67. The number of halogens is 2. The molecule has 0 spiro atoms. The van der Waals surface area contributed by atoms with Crippen LogP contribution in [0, 0.1) is 11.6 Å². The molecular weight excluding hydrogens is 398 g/mol. The Bertz CT molecular complexity index is 999. The molecule has 0 unspecified atom stereocenters. The molecule has 0 saturated carbocycles. The number of amides is 4. The molecule has 1 heterocycles. The van der Waals surface area contributed by atoms with E-state index in [0.29, 0.717) is 17.1 Å². The van der Waals surface area contributed by atoms with Gasteiger partial charge in [-0.2, -0.15) is 0 Å². The van der Waals surface area contributed by atoms with E-state index in [2.05, 4.69) is 10.6 Å². The lowest BCUT2D eigenvalue weighted by Gasteiger charge is -2.19. The minimum atomic E-state index is -1.05. The molecule has 0 radical (unpaired) electrons. The zero-order chi connectivity index (χ0) is 21.8. The molecule has 30 heavy (non-hydrogen) atoms. The van der Waals surface area contributed by atoms with E-state index in [-0.39, 0.29) is 31.2 Å². The van der Waals surface area contributed by atoms with Crippen LogP contribution < -0.4 is 20.3 Å². The molecule has 8 nitrogen and oxygen atoms in total. The molecule has 158 valence electrons. The summed E-state index contributed by atoms with van der Waals surface area (Å²) in [6, 6.07) is 7.45. The highest BCUT2D eigenvalue weighted by atomic mass is 19.2. The predicted molar refractivity (Wildman–Crippen MR) is 107 cm³/mol. The van der Waals surface area contributed by atoms with Crippen LogP contribution in [0.1, 0.15) is 6.92 Å². The van der Waals surface area contributed by atoms with E-state index in [1.165, 1.54) is 36.0 Å². The standard InChI is InChI=1S/C20H20F2N4O4/c1-12(27)23-13-3-6-18(30-2)17(9-13)24-19(28)11-25-7-8-26(20(25)29)14-4-5-15(21)16(22)10-14/h3-6,9-10H,7-8,11H2,1-2H3,(H,23,27)(H,24,28). The minimum absolute atomic E-state index is 0.214. The number of nitrogens with one attached hydrogen (secondary N) is 2. The van der Waals surface area contributed by atoms with Crippen LogP contribution in [0.3, 0.4) is 0 Å². The number of benzene rings is 2. The number of methoxy groups -OCH3 is 1. The van der Waals surface area contributed by atoms with Crippen LogP contribution in [-0.4, -0.2) is 49.5 Å². The van der Waals surface area contributed by atoms with Crippen LogP contribution in [0.2, 0.25) is 0 Å². The van der Waals surface area contributed by atoms with Crippen molar-refractivity contribution < 1.29 is 27.9 Å². The summed E-state index contributed by atoms with van der Waals surface area (Å²) in [5.74, 6) is -2.42. The van der Waals surface area contributed by atoms with Crippen molar-refractivity contribution in [3.8, 4) is 5.75 Å². The lowest BCUT2D eigenvalue weighted by Crippen LogP contribution is -2.37. The number of hydrogen-bond acceptors (Lipinski definition) is 4. The van der Waals surface area contributed by atoms with Gasteiger partial charge >= 0.3 is 6.03 Å². The number of rotatable bonds is 6. The summed E-state index contributed by atoms with van der Waals surface area (Å²) in [6.45, 7) is 1.60. The average molecular weight is 418 g/mol. The van der Waals surface area contributed by atoms with Gasteiger partial charge in [0.15, 0.2) is 11.6 Å². The highest BCUT2D eigenvalue weighted by Gasteiger charge is 2.31. The maximum atomic E-state index is 13.5. The quantitative estimate of drug-likeness (QED) is 0.755. The molecule has 4 amide bonds. The zero-order valence-corrected chi connectivity index (χ0v) is 16.4. The van der Waals surface area contributed by atoms with Gasteiger partial charge in [-0.1, -0.05) is 0 Å². The van der Waals surface area contributed by atoms with E-state index in [0.717, 1.165) is 12.1 Å². The maximum Gasteiger partial charge on any atom is 0.325 e. The Morgan fingerprint density at radius 2 is 1.83 bits per heavy atom. The highest BCUT2D eigenvalue weighted by molar-refractivity contribution is 6.00. The summed E-state index contributed by atoms with van der Waals surface area (Å²) < 4.78 is 31.8. The van der Waals surface area contributed by atoms with Crippen molar-refractivity contribution in [3.63, 3.8) is 0 Å². The SMILES string of the molecule is COc1ccc(NC(C)=O)cc1NC(=O)CN1CCN(c2ccc(F)c(F)c2)C1=O. The Morgan fingerprint density at radius 3 is 2.50 bits per heavy atom. The first-order valence-corrected chi connectivity index (χ1v) is 9.05. The minimum Gasteiger partial charge on any atom is -0.495 e. The van der Waals surface area contributed by atoms with E-state index in [9.17, 15) is 23.2 Å². The Kier molecular flexibility index (Phi) is 6.14. The van der Waals surface area contributed by atoms with Gasteiger partial charge in [0.2, 0.25) is 11.8 Å². The Hall–Kier alpha value is -3.69. The number of nitrogens with zero attached hydrogens (tertiary/aromatic N) is 2. The van der Waals surface area contributed by atoms with Crippen molar-refractivity contribution >= 4 is 34.9 Å². The molecule has 2 N–H and O–H groups in total. The van der Waals surface area contributed by atoms with E-state index in [1.54, 1.807) is 12.1 Å². The van der Waals surface area contributed by atoms with Gasteiger partial charge in [0, 0.05) is 37.5 Å². The lowest BCUT2D eigenvalue weighted by molar-refractivity contribution is -0.116. The van der Waals surface area contributed by atoms with Crippen molar-refractivity contribution in [2.24, 2.45) is 0 Å². The third-order valence-electron chi connectivity index (χ3n) is 4.44. The van der Waals surface area contributed by atoms with E-state index in [1.807, 2.05) is 0 Å². The maximum absolute atomic E-state index is 13.5. The van der Waals surface area contributed by atoms with Gasteiger partial charge in [-0.25, -0.2) is 13.6 Å². The van der Waals surface area contributed by atoms with Gasteiger partial charge < -0.3 is 20.3 Å². The molecule has 0 atom stereocenters. The van der Waals surface area contributed by atoms with E-state index >= 15 is 0 Å². The van der Waals surface area contributed by atoms with Crippen LogP contribution in [0.4, 0.5) is 30.6 Å². The third-order valence-corrected chi connectivity index (χ3v) is 4.44. The largest absolute Gasteiger partial charge is 0.495 e. The summed E-state index contributed by atoms with van der Waals surface area (Å²) in [7, 11) is 1.44. The molecule has 0 aliphatic carbocycles. The van der Waals surface area contributed by atoms with Crippen LogP contribution in [-0.2, 0) is 9.59 Å². The second-order valence-electron chi connectivity index (χ2n) is 6.60. The summed E-state index contributed by atoms with van der Waals surface area (Å²) in [5, 5.41) is 5.26. The normalized spacial score (nSPS) is 13.4. The third kappa shape index (κ3) is 4.65. The zero-order valence-electron chi connectivity index (χ0n) is 16.4. The van der Waals surface area contributed by atoms with Gasteiger partial charge in [-0.05, 0) is 30.3 Å². The van der Waals surface area contributed by atoms with Gasteiger partial charge in [0.05, 0.1) is 12.8 Å². The molecule has 1 aliphatic heterocycles. The van der Waals surface area contributed by atoms with Gasteiger partial charge in [0.1, 0.15) is 12.3 Å². The number of hydrogen-bond donors (Lipinski definition) is 2. The van der Waals surface area contributed by atoms with Crippen LogP contribution in [0.15, 0.2) is 36.4 Å².